The highest BCUT2D eigenvalue weighted by Crippen LogP contribution is 2.36. The summed E-state index contributed by atoms with van der Waals surface area (Å²) in [5, 5.41) is 32.4. The van der Waals surface area contributed by atoms with Gasteiger partial charge < -0.3 is 0 Å². The summed E-state index contributed by atoms with van der Waals surface area (Å²) in [6.45, 7) is 0. The Bertz CT molecular complexity index is 563. The van der Waals surface area contributed by atoms with E-state index in [0.717, 1.165) is 23.9 Å². The fraction of sp³-hybridized carbons (Fsp3) is 0.111. The van der Waals surface area contributed by atoms with E-state index in [0.29, 0.717) is 0 Å². The number of amidine groups is 1. The van der Waals surface area contributed by atoms with Crippen molar-refractivity contribution in [1.29, 1.82) is 5.26 Å². The van der Waals surface area contributed by atoms with E-state index in [4.69, 9.17) is 5.26 Å². The molecule has 0 fully saturated rings. The molecule has 9 nitrogen and oxygen atoms in total. The zero-order valence-electron chi connectivity index (χ0n) is 9.56. The van der Waals surface area contributed by atoms with Crippen LogP contribution in [-0.2, 0) is 0 Å². The molecule has 1 aromatic carbocycles. The van der Waals surface area contributed by atoms with Gasteiger partial charge in [-0.1, -0.05) is 11.8 Å². The Morgan fingerprint density at radius 2 is 1.89 bits per heavy atom. The maximum Gasteiger partial charge on any atom is 0.302 e. The van der Waals surface area contributed by atoms with Gasteiger partial charge in [0.05, 0.1) is 9.85 Å². The normalized spacial score (nSPS) is 10.6. The quantitative estimate of drug-likeness (QED) is 0.223. The number of para-hydroxylation sites is 1. The van der Waals surface area contributed by atoms with E-state index in [1.807, 2.05) is 0 Å². The lowest BCUT2D eigenvalue weighted by Crippen LogP contribution is -2.12. The van der Waals surface area contributed by atoms with Gasteiger partial charge in [0.25, 0.3) is 0 Å². The minimum atomic E-state index is -0.768. The van der Waals surface area contributed by atoms with Gasteiger partial charge in [-0.05, 0) is 12.3 Å². The Kier molecular flexibility index (Phi) is 4.78. The van der Waals surface area contributed by atoms with Gasteiger partial charge in [-0.2, -0.15) is 5.26 Å². The van der Waals surface area contributed by atoms with Crippen molar-refractivity contribution in [3.8, 4) is 6.19 Å². The van der Waals surface area contributed by atoms with Crippen molar-refractivity contribution in [3.05, 3.63) is 38.4 Å². The lowest BCUT2D eigenvalue weighted by molar-refractivity contribution is -0.392. The highest BCUT2D eigenvalue weighted by molar-refractivity contribution is 8.13. The molecule has 0 unspecified atom stereocenters. The average molecular weight is 281 g/mol. The van der Waals surface area contributed by atoms with Crippen molar-refractivity contribution in [2.75, 3.05) is 6.26 Å². The second-order valence-corrected chi connectivity index (χ2v) is 3.81. The number of nitro groups is 2. The zero-order chi connectivity index (χ0) is 14.4. The molecule has 0 saturated heterocycles. The number of hydrogen-bond acceptors (Lipinski definition) is 7. The van der Waals surface area contributed by atoms with Crippen molar-refractivity contribution in [3.63, 3.8) is 0 Å². The molecular formula is C9H7N5O4S. The van der Waals surface area contributed by atoms with Crippen LogP contribution >= 0.6 is 11.8 Å². The van der Waals surface area contributed by atoms with E-state index >= 15 is 0 Å². The Morgan fingerprint density at radius 3 is 2.26 bits per heavy atom. The molecule has 0 aliphatic carbocycles. The Balaban J connectivity index is 3.49. The van der Waals surface area contributed by atoms with Crippen LogP contribution in [0.4, 0.5) is 17.1 Å². The molecule has 0 atom stereocenters. The van der Waals surface area contributed by atoms with Crippen LogP contribution in [0.1, 0.15) is 0 Å². The number of nitrogens with zero attached hydrogens (tertiary/aromatic N) is 4. The molecule has 0 heterocycles. The van der Waals surface area contributed by atoms with Crippen molar-refractivity contribution >= 4 is 34.0 Å². The number of thioether (sulfide) groups is 1. The molecule has 1 N–H and O–H groups in total. The number of benzene rings is 1. The van der Waals surface area contributed by atoms with Crippen LogP contribution in [0.5, 0.6) is 0 Å². The third-order valence-electron chi connectivity index (χ3n) is 1.96. The largest absolute Gasteiger partial charge is 0.302 e. The topological polar surface area (TPSA) is 134 Å². The minimum Gasteiger partial charge on any atom is -0.271 e. The van der Waals surface area contributed by atoms with Crippen molar-refractivity contribution in [2.45, 2.75) is 0 Å². The molecular weight excluding hydrogens is 274 g/mol. The summed E-state index contributed by atoms with van der Waals surface area (Å²) in [5.74, 6) is 0. The Hall–Kier alpha value is -2.67. The van der Waals surface area contributed by atoms with Gasteiger partial charge in [0.2, 0.25) is 5.69 Å². The van der Waals surface area contributed by atoms with Gasteiger partial charge in [0.1, 0.15) is 0 Å². The lowest BCUT2D eigenvalue weighted by Gasteiger charge is -2.02. The molecule has 1 rings (SSSR count). The number of nitriles is 1. The SMILES string of the molecule is CSC(=Nc1c([N+](=O)[O-])cccc1[N+](=O)[O-])NC#N. The number of hydrogen-bond donors (Lipinski definition) is 1. The monoisotopic (exact) mass is 281 g/mol. The van der Waals surface area contributed by atoms with Crippen LogP contribution in [0, 0.1) is 31.7 Å². The first-order chi connectivity index (χ1) is 9.01. The smallest absolute Gasteiger partial charge is 0.271 e. The van der Waals surface area contributed by atoms with Gasteiger partial charge >= 0.3 is 11.4 Å². The first kappa shape index (κ1) is 14.4. The van der Waals surface area contributed by atoms with Crippen LogP contribution in [-0.4, -0.2) is 21.3 Å². The van der Waals surface area contributed by atoms with Crippen LogP contribution in [0.25, 0.3) is 0 Å². The number of nitro benzene ring substituents is 2. The Labute approximate surface area is 111 Å². The molecule has 98 valence electrons. The van der Waals surface area contributed by atoms with Gasteiger partial charge in [-0.25, -0.2) is 4.99 Å². The van der Waals surface area contributed by atoms with Gasteiger partial charge in [-0.15, -0.1) is 0 Å². The van der Waals surface area contributed by atoms with Crippen LogP contribution < -0.4 is 5.32 Å². The molecule has 19 heavy (non-hydrogen) atoms. The summed E-state index contributed by atoms with van der Waals surface area (Å²) < 4.78 is 0. The summed E-state index contributed by atoms with van der Waals surface area (Å²) in [6, 6.07) is 3.41. The van der Waals surface area contributed by atoms with Gasteiger partial charge in [0.15, 0.2) is 11.4 Å². The van der Waals surface area contributed by atoms with Crippen LogP contribution in [0.15, 0.2) is 23.2 Å². The summed E-state index contributed by atoms with van der Waals surface area (Å²) in [6.07, 6.45) is 3.17. The molecule has 0 aliphatic rings. The van der Waals surface area contributed by atoms with Gasteiger partial charge in [0, 0.05) is 12.1 Å². The number of aliphatic imine (C=N–C) groups is 1. The molecule has 0 amide bonds. The molecule has 0 spiro atoms. The molecule has 1 aromatic rings. The fourth-order valence-electron chi connectivity index (χ4n) is 1.20. The third kappa shape index (κ3) is 3.39. The molecule has 0 aliphatic heterocycles. The second kappa shape index (κ2) is 6.31. The van der Waals surface area contributed by atoms with E-state index < -0.39 is 26.9 Å². The highest BCUT2D eigenvalue weighted by Gasteiger charge is 2.24. The van der Waals surface area contributed by atoms with Crippen molar-refractivity contribution in [2.24, 2.45) is 4.99 Å². The summed E-state index contributed by atoms with van der Waals surface area (Å²) in [4.78, 5) is 23.9. The average Bonchev–Trinajstić information content (AvgIpc) is 2.37. The van der Waals surface area contributed by atoms with Crippen LogP contribution in [0.3, 0.4) is 0 Å². The summed E-state index contributed by atoms with van der Waals surface area (Å²) in [7, 11) is 0. The summed E-state index contributed by atoms with van der Waals surface area (Å²) >= 11 is 1.00. The predicted molar refractivity (Wildman–Crippen MR) is 69.1 cm³/mol. The first-order valence-corrected chi connectivity index (χ1v) is 5.93. The van der Waals surface area contributed by atoms with Crippen LogP contribution in [0.2, 0.25) is 0 Å². The highest BCUT2D eigenvalue weighted by atomic mass is 32.2. The molecule has 0 radical (unpaired) electrons. The number of nitrogens with one attached hydrogen (secondary N) is 1. The van der Waals surface area contributed by atoms with E-state index in [1.54, 1.807) is 12.4 Å². The molecule has 0 aromatic heterocycles. The Morgan fingerprint density at radius 1 is 1.37 bits per heavy atom. The van der Waals surface area contributed by atoms with Crippen molar-refractivity contribution in [1.82, 2.24) is 5.32 Å². The van der Waals surface area contributed by atoms with E-state index in [2.05, 4.69) is 10.3 Å². The third-order valence-corrected chi connectivity index (χ3v) is 2.54. The predicted octanol–water partition coefficient (Wildman–Crippen LogP) is 1.92. The zero-order valence-corrected chi connectivity index (χ0v) is 10.4. The minimum absolute atomic E-state index is 0.0277. The maximum atomic E-state index is 10.8. The first-order valence-electron chi connectivity index (χ1n) is 4.70. The standard InChI is InChI=1S/C9H7N5O4S/c1-19-9(11-5-10)12-8-6(13(15)16)3-2-4-7(8)14(17)18/h2-4H,1H3,(H,11,12). The van der Waals surface area contributed by atoms with E-state index in [1.165, 1.54) is 6.07 Å². The molecule has 10 heteroatoms. The van der Waals surface area contributed by atoms with E-state index in [-0.39, 0.29) is 5.17 Å². The van der Waals surface area contributed by atoms with Gasteiger partial charge in [-0.3, -0.25) is 25.5 Å². The molecule has 0 bridgehead atoms. The lowest BCUT2D eigenvalue weighted by atomic mass is 10.2. The van der Waals surface area contributed by atoms with Crippen molar-refractivity contribution < 1.29 is 9.85 Å². The number of rotatable bonds is 3. The van der Waals surface area contributed by atoms with E-state index in [9.17, 15) is 20.2 Å². The second-order valence-electron chi connectivity index (χ2n) is 3.02. The molecule has 0 saturated carbocycles. The summed E-state index contributed by atoms with van der Waals surface area (Å²) in [5.41, 5.74) is -1.40. The fourth-order valence-corrected chi connectivity index (χ4v) is 1.53. The maximum absolute atomic E-state index is 10.8.